The molecule has 3 aromatic rings. The number of carbonyl (C=O) groups excluding carboxylic acids is 2. The normalized spacial score (nSPS) is 21.1. The summed E-state index contributed by atoms with van der Waals surface area (Å²) in [5, 5.41) is 0. The molecule has 1 aromatic heterocycles. The van der Waals surface area contributed by atoms with Crippen molar-refractivity contribution in [2.75, 3.05) is 19.6 Å². The Kier molecular flexibility index (Phi) is 6.22. The first-order valence-corrected chi connectivity index (χ1v) is 12.1. The minimum Gasteiger partial charge on any atom is -0.348 e. The highest BCUT2D eigenvalue weighted by atomic mass is 19.1. The van der Waals surface area contributed by atoms with E-state index in [2.05, 4.69) is 16.7 Å². The van der Waals surface area contributed by atoms with E-state index in [-0.39, 0.29) is 36.0 Å². The fourth-order valence-electron chi connectivity index (χ4n) is 5.24. The molecular weight excluding hydrogens is 429 g/mol. The van der Waals surface area contributed by atoms with Crippen molar-refractivity contribution >= 4 is 11.8 Å². The Labute approximate surface area is 199 Å². The molecule has 0 radical (unpaired) electrons. The molecule has 0 saturated heterocycles. The highest BCUT2D eigenvalue weighted by Crippen LogP contribution is 2.48. The Morgan fingerprint density at radius 3 is 2.53 bits per heavy atom. The Morgan fingerprint density at radius 1 is 1.00 bits per heavy atom. The van der Waals surface area contributed by atoms with Gasteiger partial charge in [0.05, 0.1) is 6.54 Å². The summed E-state index contributed by atoms with van der Waals surface area (Å²) >= 11 is 0. The van der Waals surface area contributed by atoms with Crippen LogP contribution < -0.4 is 0 Å². The topological polar surface area (TPSA) is 45.6 Å². The molecule has 0 N–H and O–H groups in total. The zero-order chi connectivity index (χ0) is 23.7. The molecule has 2 heterocycles. The van der Waals surface area contributed by atoms with Crippen LogP contribution in [0, 0.1) is 11.7 Å². The van der Waals surface area contributed by atoms with Crippen molar-refractivity contribution in [3.05, 3.63) is 95.6 Å². The monoisotopic (exact) mass is 459 g/mol. The molecule has 5 nitrogen and oxygen atoms in total. The second-order valence-electron chi connectivity index (χ2n) is 9.26. The summed E-state index contributed by atoms with van der Waals surface area (Å²) in [6.07, 6.45) is 3.57. The molecule has 0 spiro atoms. The second kappa shape index (κ2) is 9.45. The van der Waals surface area contributed by atoms with Crippen LogP contribution in [0.25, 0.3) is 0 Å². The molecule has 5 rings (SSSR count). The van der Waals surface area contributed by atoms with Crippen LogP contribution in [0.2, 0.25) is 0 Å². The van der Waals surface area contributed by atoms with Gasteiger partial charge in [-0.25, -0.2) is 4.39 Å². The first-order valence-electron chi connectivity index (χ1n) is 12.1. The first-order chi connectivity index (χ1) is 16.6. The predicted octanol–water partition coefficient (Wildman–Crippen LogP) is 4.60. The predicted molar refractivity (Wildman–Crippen MR) is 129 cm³/mol. The quantitative estimate of drug-likeness (QED) is 0.518. The number of aromatic nitrogens is 1. The van der Waals surface area contributed by atoms with Crippen LogP contribution in [0.1, 0.15) is 48.5 Å². The molecule has 1 aliphatic heterocycles. The Balaban J connectivity index is 1.36. The lowest BCUT2D eigenvalue weighted by atomic mass is 9.99. The van der Waals surface area contributed by atoms with Crippen molar-refractivity contribution in [3.63, 3.8) is 0 Å². The fraction of sp³-hybridized carbons (Fsp3) is 0.357. The average Bonchev–Trinajstić information content (AvgIpc) is 3.52. The van der Waals surface area contributed by atoms with Gasteiger partial charge < -0.3 is 14.4 Å². The summed E-state index contributed by atoms with van der Waals surface area (Å²) in [5.74, 6) is -0.258. The van der Waals surface area contributed by atoms with Crippen LogP contribution in [-0.4, -0.2) is 45.8 Å². The summed E-state index contributed by atoms with van der Waals surface area (Å²) in [6, 6.07) is 20.1. The van der Waals surface area contributed by atoms with Crippen LogP contribution in [0.3, 0.4) is 0 Å². The Morgan fingerprint density at radius 2 is 1.76 bits per heavy atom. The average molecular weight is 460 g/mol. The maximum atomic E-state index is 14.8. The third kappa shape index (κ3) is 4.25. The smallest absolute Gasteiger partial charge is 0.243 e. The van der Waals surface area contributed by atoms with E-state index in [0.29, 0.717) is 25.2 Å². The number of halogens is 1. The summed E-state index contributed by atoms with van der Waals surface area (Å²) in [7, 11) is 0. The highest BCUT2D eigenvalue weighted by molar-refractivity contribution is 5.88. The van der Waals surface area contributed by atoms with E-state index in [1.165, 1.54) is 11.6 Å². The van der Waals surface area contributed by atoms with E-state index in [0.717, 1.165) is 18.5 Å². The number of amides is 2. The second-order valence-corrected chi connectivity index (χ2v) is 9.26. The van der Waals surface area contributed by atoms with Gasteiger partial charge in [0.2, 0.25) is 11.8 Å². The molecule has 2 aliphatic rings. The van der Waals surface area contributed by atoms with Crippen molar-refractivity contribution < 1.29 is 14.0 Å². The van der Waals surface area contributed by atoms with Crippen LogP contribution >= 0.6 is 0 Å². The molecule has 1 aliphatic carbocycles. The highest BCUT2D eigenvalue weighted by Gasteiger charge is 2.46. The third-order valence-electron chi connectivity index (χ3n) is 7.03. The van der Waals surface area contributed by atoms with Gasteiger partial charge in [-0.3, -0.25) is 9.59 Å². The van der Waals surface area contributed by atoms with Gasteiger partial charge in [-0.15, -0.1) is 0 Å². The lowest BCUT2D eigenvalue weighted by Crippen LogP contribution is -2.48. The number of rotatable bonds is 7. The van der Waals surface area contributed by atoms with Crippen molar-refractivity contribution in [1.29, 1.82) is 0 Å². The molecular formula is C28H30FN3O2. The molecule has 1 fully saturated rings. The van der Waals surface area contributed by atoms with E-state index < -0.39 is 6.04 Å². The number of carbonyl (C=O) groups is 2. The SMILES string of the molecule is CCCN(CC(=O)N1CCn2cccc2C1c1ccccc1F)C(=O)C1CC1c1ccccc1. The minimum atomic E-state index is -0.506. The van der Waals surface area contributed by atoms with Crippen molar-refractivity contribution in [2.45, 2.75) is 38.3 Å². The molecule has 2 aromatic carbocycles. The van der Waals surface area contributed by atoms with Gasteiger partial charge >= 0.3 is 0 Å². The Hall–Kier alpha value is -3.41. The van der Waals surface area contributed by atoms with Crippen molar-refractivity contribution in [3.8, 4) is 0 Å². The van der Waals surface area contributed by atoms with E-state index >= 15 is 0 Å². The van der Waals surface area contributed by atoms with E-state index in [9.17, 15) is 14.0 Å². The van der Waals surface area contributed by atoms with E-state index in [1.807, 2.05) is 43.5 Å². The van der Waals surface area contributed by atoms with Gasteiger partial charge in [-0.05, 0) is 42.5 Å². The number of hydrogen-bond acceptors (Lipinski definition) is 2. The van der Waals surface area contributed by atoms with Gasteiger partial charge in [-0.2, -0.15) is 0 Å². The summed E-state index contributed by atoms with van der Waals surface area (Å²) in [5.41, 5.74) is 2.56. The van der Waals surface area contributed by atoms with E-state index in [4.69, 9.17) is 0 Å². The molecule has 3 unspecified atom stereocenters. The van der Waals surface area contributed by atoms with Crippen LogP contribution in [-0.2, 0) is 16.1 Å². The number of fused-ring (bicyclic) bond motifs is 1. The number of benzene rings is 2. The lowest BCUT2D eigenvalue weighted by Gasteiger charge is -2.38. The van der Waals surface area contributed by atoms with Gasteiger partial charge in [0.1, 0.15) is 11.9 Å². The molecule has 176 valence electrons. The zero-order valence-corrected chi connectivity index (χ0v) is 19.4. The first kappa shape index (κ1) is 22.4. The lowest BCUT2D eigenvalue weighted by molar-refractivity contribution is -0.143. The van der Waals surface area contributed by atoms with Gasteiger partial charge in [0.15, 0.2) is 0 Å². The molecule has 0 bridgehead atoms. The fourth-order valence-corrected chi connectivity index (χ4v) is 5.24. The maximum Gasteiger partial charge on any atom is 0.243 e. The maximum absolute atomic E-state index is 14.8. The number of hydrogen-bond donors (Lipinski definition) is 0. The van der Waals surface area contributed by atoms with E-state index in [1.54, 1.807) is 28.0 Å². The van der Waals surface area contributed by atoms with Crippen LogP contribution in [0.5, 0.6) is 0 Å². The van der Waals surface area contributed by atoms with Crippen LogP contribution in [0.4, 0.5) is 4.39 Å². The summed E-state index contributed by atoms with van der Waals surface area (Å²) in [4.78, 5) is 30.4. The molecule has 3 atom stereocenters. The molecule has 2 amide bonds. The van der Waals surface area contributed by atoms with Gasteiger partial charge in [0.25, 0.3) is 0 Å². The Bertz CT molecular complexity index is 1180. The largest absolute Gasteiger partial charge is 0.348 e. The standard InChI is InChI=1S/C28H30FN3O2/c1-2-14-31(28(34)23-18-22(23)20-9-4-3-5-10-20)19-26(33)32-17-16-30-15-8-13-25(30)27(32)21-11-6-7-12-24(21)29/h3-13,15,22-23,27H,2,14,16-19H2,1H3. The van der Waals surface area contributed by atoms with Gasteiger partial charge in [-0.1, -0.05) is 55.5 Å². The molecule has 34 heavy (non-hydrogen) atoms. The van der Waals surface area contributed by atoms with Crippen molar-refractivity contribution in [1.82, 2.24) is 14.4 Å². The zero-order valence-electron chi connectivity index (χ0n) is 19.4. The number of nitrogens with zero attached hydrogens (tertiary/aromatic N) is 3. The third-order valence-corrected chi connectivity index (χ3v) is 7.03. The van der Waals surface area contributed by atoms with Crippen LogP contribution in [0.15, 0.2) is 72.9 Å². The minimum absolute atomic E-state index is 0.0242. The molecule has 1 saturated carbocycles. The summed E-state index contributed by atoms with van der Waals surface area (Å²) in [6.45, 7) is 3.71. The molecule has 6 heteroatoms. The van der Waals surface area contributed by atoms with Crippen molar-refractivity contribution in [2.24, 2.45) is 5.92 Å². The van der Waals surface area contributed by atoms with Gasteiger partial charge in [0, 0.05) is 43.0 Å². The summed E-state index contributed by atoms with van der Waals surface area (Å²) < 4.78 is 16.9.